The molecule has 0 unspecified atom stereocenters. The van der Waals surface area contributed by atoms with Crippen LogP contribution in [0, 0.1) is 5.39 Å². The summed E-state index contributed by atoms with van der Waals surface area (Å²) in [5, 5.41) is 8.33. The third kappa shape index (κ3) is 4.00. The molecule has 1 aliphatic rings. The molecule has 1 heterocycles. The van der Waals surface area contributed by atoms with Crippen molar-refractivity contribution in [1.29, 1.82) is 5.39 Å². The molecule has 11 heteroatoms. The van der Waals surface area contributed by atoms with Gasteiger partial charge in [-0.1, -0.05) is 12.1 Å². The van der Waals surface area contributed by atoms with Crippen LogP contribution in [0.15, 0.2) is 58.3 Å². The number of diazo groups is 1. The van der Waals surface area contributed by atoms with Gasteiger partial charge in [0.15, 0.2) is 4.98 Å². The number of ether oxygens (including phenoxy) is 1. The summed E-state index contributed by atoms with van der Waals surface area (Å²) < 4.78 is 51.7. The van der Waals surface area contributed by atoms with Gasteiger partial charge in [-0.15, -0.1) is 0 Å². The Bertz CT molecular complexity index is 1000. The second kappa shape index (κ2) is 6.98. The number of hydrogen-bond donors (Lipinski definition) is 0. The fourth-order valence-corrected chi connectivity index (χ4v) is 5.32. The fraction of sp³-hybridized carbons (Fsp3) is 0.0714. The molecule has 0 N–H and O–H groups in total. The van der Waals surface area contributed by atoms with Gasteiger partial charge in [0.25, 0.3) is 0 Å². The quantitative estimate of drug-likeness (QED) is 0.546. The predicted octanol–water partition coefficient (Wildman–Crippen LogP) is 2.41. The molecule has 2 aromatic carbocycles. The zero-order valence-electron chi connectivity index (χ0n) is 12.7. The smallest absolute Gasteiger partial charge is 0.385 e. The molecule has 9 nitrogen and oxygen atoms in total. The number of benzene rings is 2. The van der Waals surface area contributed by atoms with E-state index in [1.807, 2.05) is 0 Å². The van der Waals surface area contributed by atoms with Gasteiger partial charge in [0.2, 0.25) is 5.39 Å². The van der Waals surface area contributed by atoms with Gasteiger partial charge >= 0.3 is 11.7 Å². The Morgan fingerprint density at radius 1 is 0.960 bits per heavy atom. The summed E-state index contributed by atoms with van der Waals surface area (Å²) in [6, 6.07) is 11.4. The first-order valence-electron chi connectivity index (χ1n) is 6.58. The lowest BCUT2D eigenvalue weighted by atomic mass is 10.2. The molecule has 0 spiro atoms. The molecule has 130 valence electrons. The minimum Gasteiger partial charge on any atom is -0.465 e. The molecule has 0 radical (unpaired) electrons. The number of nitrogens with zero attached hydrogens (tertiary/aromatic N) is 3. The minimum atomic E-state index is -3.98. The number of esters is 1. The highest BCUT2D eigenvalue weighted by Crippen LogP contribution is 2.37. The second-order valence-corrected chi connectivity index (χ2v) is 7.99. The molecule has 25 heavy (non-hydrogen) atoms. The highest BCUT2D eigenvalue weighted by Gasteiger charge is 2.26. The van der Waals surface area contributed by atoms with Crippen LogP contribution in [0.4, 0.5) is 5.69 Å². The van der Waals surface area contributed by atoms with Gasteiger partial charge in [-0.25, -0.2) is 21.6 Å². The summed E-state index contributed by atoms with van der Waals surface area (Å²) >= 11 is 0. The van der Waals surface area contributed by atoms with Crippen LogP contribution in [0.1, 0.15) is 10.4 Å². The summed E-state index contributed by atoms with van der Waals surface area (Å²) in [6.45, 7) is 0. The number of rotatable bonds is 1. The van der Waals surface area contributed by atoms with Crippen LogP contribution in [-0.4, -0.2) is 29.9 Å². The van der Waals surface area contributed by atoms with E-state index in [0.29, 0.717) is 11.3 Å². The minimum absolute atomic E-state index is 0.241. The highest BCUT2D eigenvalue weighted by molar-refractivity contribution is 8.14. The Hall–Kier alpha value is -2.81. The lowest BCUT2D eigenvalue weighted by Crippen LogP contribution is -1.99. The van der Waals surface area contributed by atoms with Gasteiger partial charge in [0.1, 0.15) is 20.0 Å². The molecule has 0 aliphatic carbocycles. The van der Waals surface area contributed by atoms with Crippen LogP contribution in [0.3, 0.4) is 0 Å². The monoisotopic (exact) mass is 381 g/mol. The van der Waals surface area contributed by atoms with E-state index in [9.17, 15) is 21.6 Å². The van der Waals surface area contributed by atoms with Gasteiger partial charge in [-0.2, -0.15) is 0 Å². The van der Waals surface area contributed by atoms with Crippen LogP contribution < -0.4 is 0 Å². The van der Waals surface area contributed by atoms with E-state index >= 15 is 0 Å². The number of carbonyl (C=O) groups excluding carboxylic acids is 1. The zero-order valence-corrected chi connectivity index (χ0v) is 14.4. The van der Waals surface area contributed by atoms with Crippen LogP contribution in [0.5, 0.6) is 0 Å². The van der Waals surface area contributed by atoms with Crippen molar-refractivity contribution in [2.24, 2.45) is 0 Å². The summed E-state index contributed by atoms with van der Waals surface area (Å²) in [5.41, 5.74) is 0.840. The molecular weight excluding hydrogens is 370 g/mol. The number of methoxy groups -OCH3 is 1. The molecular formula is C14H11N3O6S2. The molecule has 0 bridgehead atoms. The van der Waals surface area contributed by atoms with E-state index in [1.54, 1.807) is 0 Å². The van der Waals surface area contributed by atoms with Crippen molar-refractivity contribution in [2.75, 3.05) is 7.11 Å². The van der Waals surface area contributed by atoms with Crippen molar-refractivity contribution in [1.82, 2.24) is 0 Å². The molecule has 0 amide bonds. The summed E-state index contributed by atoms with van der Waals surface area (Å²) in [5.74, 6) is -0.403. The van der Waals surface area contributed by atoms with Gasteiger partial charge in [-0.05, 0) is 24.3 Å². The first kappa shape index (κ1) is 18.5. The molecule has 0 saturated carbocycles. The molecule has 1 aliphatic heterocycles. The number of sulfonamides is 2. The molecule has 0 saturated heterocycles. The van der Waals surface area contributed by atoms with E-state index in [1.165, 1.54) is 55.6 Å². The zero-order chi connectivity index (χ0) is 18.7. The van der Waals surface area contributed by atoms with Crippen LogP contribution in [-0.2, 0) is 24.8 Å². The van der Waals surface area contributed by atoms with E-state index in [0.717, 1.165) is 0 Å². The number of fused-ring (bicyclic) bond motifs is 1. The third-order valence-corrected chi connectivity index (χ3v) is 6.53. The van der Waals surface area contributed by atoms with Crippen molar-refractivity contribution in [3.63, 3.8) is 0 Å². The Morgan fingerprint density at radius 2 is 1.44 bits per heavy atom. The molecule has 2 aromatic rings. The second-order valence-electron chi connectivity index (χ2n) is 4.61. The van der Waals surface area contributed by atoms with E-state index < -0.39 is 26.0 Å². The Balaban J connectivity index is 0.000000181. The van der Waals surface area contributed by atoms with Crippen LogP contribution in [0.25, 0.3) is 9.10 Å². The Morgan fingerprint density at radius 3 is 1.84 bits per heavy atom. The molecule has 0 aromatic heterocycles. The average Bonchev–Trinajstić information content (AvgIpc) is 2.80. The topological polar surface area (TPSA) is 137 Å². The standard InChI is InChI=1S/C8H7N2O2.C6H4NO4S2/c1-12-8(11)6-2-4-7(10-9)5-3-6;8-12(9)5-3-1-2-4-6(5)13(10,11)7-12/h2-5H,1H3;1-4H/q+1;-1. The molecule has 0 atom stereocenters. The summed E-state index contributed by atoms with van der Waals surface area (Å²) in [7, 11) is -6.64. The third-order valence-electron chi connectivity index (χ3n) is 3.01. The maximum absolute atomic E-state index is 11.1. The van der Waals surface area contributed by atoms with E-state index in [-0.39, 0.29) is 9.79 Å². The maximum atomic E-state index is 11.1. The van der Waals surface area contributed by atoms with Gasteiger partial charge < -0.3 is 8.86 Å². The van der Waals surface area contributed by atoms with Crippen molar-refractivity contribution in [3.05, 3.63) is 63.2 Å². The van der Waals surface area contributed by atoms with E-state index in [4.69, 9.17) is 5.39 Å². The Kier molecular flexibility index (Phi) is 5.17. The van der Waals surface area contributed by atoms with Crippen molar-refractivity contribution < 1.29 is 26.4 Å². The predicted molar refractivity (Wildman–Crippen MR) is 86.7 cm³/mol. The van der Waals surface area contributed by atoms with Crippen LogP contribution >= 0.6 is 0 Å². The number of hydrogen-bond acceptors (Lipinski definition) is 7. The van der Waals surface area contributed by atoms with Crippen molar-refractivity contribution in [3.8, 4) is 0 Å². The van der Waals surface area contributed by atoms with Crippen molar-refractivity contribution >= 4 is 31.7 Å². The normalized spacial score (nSPS) is 15.8. The van der Waals surface area contributed by atoms with Crippen LogP contribution in [0.2, 0.25) is 0 Å². The summed E-state index contributed by atoms with van der Waals surface area (Å²) in [6.07, 6.45) is 0. The average molecular weight is 381 g/mol. The molecule has 0 fully saturated rings. The Labute approximate surface area is 144 Å². The van der Waals surface area contributed by atoms with Gasteiger partial charge in [0, 0.05) is 12.1 Å². The number of carbonyl (C=O) groups is 1. The van der Waals surface area contributed by atoms with E-state index in [2.05, 4.69) is 13.8 Å². The maximum Gasteiger partial charge on any atom is 0.385 e. The lowest BCUT2D eigenvalue weighted by Gasteiger charge is -2.05. The first-order chi connectivity index (χ1) is 11.7. The highest BCUT2D eigenvalue weighted by atomic mass is 32.3. The van der Waals surface area contributed by atoms with Gasteiger partial charge in [0.05, 0.1) is 22.5 Å². The van der Waals surface area contributed by atoms with Crippen molar-refractivity contribution in [2.45, 2.75) is 9.79 Å². The first-order valence-corrected chi connectivity index (χ1v) is 9.46. The summed E-state index contributed by atoms with van der Waals surface area (Å²) in [4.78, 5) is 13.4. The largest absolute Gasteiger partial charge is 0.465 e. The fourth-order valence-electron chi connectivity index (χ4n) is 1.87. The molecule has 3 rings (SSSR count). The SMILES string of the molecule is COC(=O)c1ccc([N+]#N)cc1.O=S1(=O)[N-]S(=O)(=O)c2ccccc21. The lowest BCUT2D eigenvalue weighted by molar-refractivity contribution is 0.0600. The van der Waals surface area contributed by atoms with Gasteiger partial charge in [-0.3, -0.25) is 0 Å².